The van der Waals surface area contributed by atoms with Crippen molar-refractivity contribution >= 4 is 22.5 Å². The second-order valence-corrected chi connectivity index (χ2v) is 5.45. The summed E-state index contributed by atoms with van der Waals surface area (Å²) in [4.78, 5) is 18.3. The second kappa shape index (κ2) is 6.72. The number of carbonyl (C=O) groups excluding carboxylic acids is 1. The zero-order valence-electron chi connectivity index (χ0n) is 11.3. The molecule has 0 saturated carbocycles. The average Bonchev–Trinajstić information content (AvgIpc) is 2.87. The summed E-state index contributed by atoms with van der Waals surface area (Å²) in [6.07, 6.45) is 3.70. The molecule has 0 radical (unpaired) electrons. The molecule has 19 heavy (non-hydrogen) atoms. The maximum atomic E-state index is 12.3. The molecule has 2 amide bonds. The number of hydrogen-bond acceptors (Lipinski definition) is 5. The highest BCUT2D eigenvalue weighted by Gasteiger charge is 2.26. The summed E-state index contributed by atoms with van der Waals surface area (Å²) in [5, 5.41) is 7.44. The van der Waals surface area contributed by atoms with E-state index in [0.717, 1.165) is 32.5 Å². The van der Waals surface area contributed by atoms with Gasteiger partial charge in [0.25, 0.3) is 0 Å². The summed E-state index contributed by atoms with van der Waals surface area (Å²) in [6, 6.07) is 0.192. The van der Waals surface area contributed by atoms with Crippen LogP contribution in [0.15, 0.2) is 6.20 Å². The number of nitrogens with zero attached hydrogens (tertiary/aromatic N) is 2. The Kier molecular flexibility index (Phi) is 4.98. The van der Waals surface area contributed by atoms with Crippen molar-refractivity contribution in [2.75, 3.05) is 32.1 Å². The number of urea groups is 1. The lowest BCUT2D eigenvalue weighted by molar-refractivity contribution is 0.165. The number of ether oxygens (including phenoxy) is 1. The Morgan fingerprint density at radius 3 is 3.26 bits per heavy atom. The van der Waals surface area contributed by atoms with Crippen LogP contribution in [0.1, 0.15) is 19.8 Å². The van der Waals surface area contributed by atoms with Gasteiger partial charge in [0.05, 0.1) is 13.3 Å². The Morgan fingerprint density at radius 2 is 2.58 bits per heavy atom. The van der Waals surface area contributed by atoms with Gasteiger partial charge in [0.2, 0.25) is 0 Å². The summed E-state index contributed by atoms with van der Waals surface area (Å²) in [5.41, 5.74) is 0. The van der Waals surface area contributed by atoms with Crippen LogP contribution in [0.4, 0.5) is 9.93 Å². The van der Waals surface area contributed by atoms with Crippen molar-refractivity contribution in [3.63, 3.8) is 0 Å². The van der Waals surface area contributed by atoms with Crippen LogP contribution in [0.5, 0.6) is 5.06 Å². The van der Waals surface area contributed by atoms with E-state index in [0.29, 0.717) is 10.2 Å². The smallest absolute Gasteiger partial charge is 0.323 e. The zero-order valence-corrected chi connectivity index (χ0v) is 12.1. The van der Waals surface area contributed by atoms with Gasteiger partial charge in [-0.25, -0.2) is 9.78 Å². The number of hydrogen-bond donors (Lipinski definition) is 2. The lowest BCUT2D eigenvalue weighted by atomic mass is 10.1. The molecular formula is C12H20N4O2S. The molecule has 2 heterocycles. The van der Waals surface area contributed by atoms with Crippen molar-refractivity contribution in [2.45, 2.75) is 25.8 Å². The van der Waals surface area contributed by atoms with Crippen LogP contribution in [0.2, 0.25) is 0 Å². The first-order valence-corrected chi connectivity index (χ1v) is 7.34. The van der Waals surface area contributed by atoms with Gasteiger partial charge < -0.3 is 15.0 Å². The van der Waals surface area contributed by atoms with Crippen LogP contribution >= 0.6 is 11.3 Å². The first-order valence-electron chi connectivity index (χ1n) is 6.52. The van der Waals surface area contributed by atoms with E-state index in [4.69, 9.17) is 4.74 Å². The van der Waals surface area contributed by atoms with Crippen LogP contribution in [0.3, 0.4) is 0 Å². The third-order valence-corrected chi connectivity index (χ3v) is 4.01. The van der Waals surface area contributed by atoms with Gasteiger partial charge in [-0.15, -0.1) is 0 Å². The fraction of sp³-hybridized carbons (Fsp3) is 0.667. The highest BCUT2D eigenvalue weighted by molar-refractivity contribution is 7.17. The Balaban J connectivity index is 1.96. The van der Waals surface area contributed by atoms with Gasteiger partial charge in [-0.3, -0.25) is 5.32 Å². The summed E-state index contributed by atoms with van der Waals surface area (Å²) >= 11 is 1.33. The lowest BCUT2D eigenvalue weighted by Crippen LogP contribution is -2.54. The maximum Gasteiger partial charge on any atom is 0.323 e. The minimum absolute atomic E-state index is 0.0723. The molecule has 1 unspecified atom stereocenters. The largest absolute Gasteiger partial charge is 0.486 e. The number of methoxy groups -OCH3 is 1. The quantitative estimate of drug-likeness (QED) is 0.884. The van der Waals surface area contributed by atoms with Crippen molar-refractivity contribution in [1.82, 2.24) is 15.2 Å². The molecule has 1 atom stereocenters. The molecule has 1 aromatic rings. The Morgan fingerprint density at radius 1 is 1.74 bits per heavy atom. The van der Waals surface area contributed by atoms with Gasteiger partial charge in [-0.2, -0.15) is 0 Å². The fourth-order valence-corrected chi connectivity index (χ4v) is 2.82. The molecule has 2 rings (SSSR count). The molecular weight excluding hydrogens is 264 g/mol. The topological polar surface area (TPSA) is 66.5 Å². The fourth-order valence-electron chi connectivity index (χ4n) is 2.19. The number of aromatic nitrogens is 1. The molecule has 0 bridgehead atoms. The minimum atomic E-state index is -0.0723. The summed E-state index contributed by atoms with van der Waals surface area (Å²) < 4.78 is 5.06. The molecule has 2 N–H and O–H groups in total. The van der Waals surface area contributed by atoms with E-state index in [1.807, 2.05) is 4.90 Å². The van der Waals surface area contributed by atoms with E-state index in [2.05, 4.69) is 22.5 Å². The number of thiazole rings is 1. The van der Waals surface area contributed by atoms with Gasteiger partial charge in [-0.1, -0.05) is 24.7 Å². The summed E-state index contributed by atoms with van der Waals surface area (Å²) in [7, 11) is 1.59. The van der Waals surface area contributed by atoms with Crippen LogP contribution < -0.4 is 15.4 Å². The van der Waals surface area contributed by atoms with Crippen LogP contribution in [-0.4, -0.2) is 48.7 Å². The molecule has 0 aromatic carbocycles. The van der Waals surface area contributed by atoms with Crippen molar-refractivity contribution in [3.05, 3.63) is 6.20 Å². The molecule has 1 aromatic heterocycles. The molecule has 1 aliphatic rings. The van der Waals surface area contributed by atoms with Gasteiger partial charge >= 0.3 is 6.03 Å². The molecule has 0 spiro atoms. The number of carbonyl (C=O) groups is 1. The van der Waals surface area contributed by atoms with Gasteiger partial charge in [0, 0.05) is 25.7 Å². The Labute approximate surface area is 117 Å². The van der Waals surface area contributed by atoms with Crippen molar-refractivity contribution in [1.29, 1.82) is 0 Å². The molecule has 0 aliphatic carbocycles. The molecule has 106 valence electrons. The minimum Gasteiger partial charge on any atom is -0.486 e. The van der Waals surface area contributed by atoms with E-state index in [-0.39, 0.29) is 12.1 Å². The van der Waals surface area contributed by atoms with E-state index in [1.165, 1.54) is 11.3 Å². The first kappa shape index (κ1) is 14.1. The normalized spacial score (nSPS) is 19.3. The van der Waals surface area contributed by atoms with Crippen LogP contribution in [0, 0.1) is 0 Å². The predicted octanol–water partition coefficient (Wildman–Crippen LogP) is 1.76. The van der Waals surface area contributed by atoms with Crippen molar-refractivity contribution in [3.8, 4) is 5.06 Å². The SMILES string of the molecule is CCCC1CNCCN1C(=O)Nc1ncc(OC)s1. The molecule has 7 heteroatoms. The lowest BCUT2D eigenvalue weighted by Gasteiger charge is -2.35. The van der Waals surface area contributed by atoms with E-state index < -0.39 is 0 Å². The van der Waals surface area contributed by atoms with Gasteiger partial charge in [0.15, 0.2) is 10.2 Å². The van der Waals surface area contributed by atoms with Crippen LogP contribution in [0.25, 0.3) is 0 Å². The van der Waals surface area contributed by atoms with Crippen molar-refractivity contribution in [2.24, 2.45) is 0 Å². The molecule has 1 aliphatic heterocycles. The van der Waals surface area contributed by atoms with Crippen molar-refractivity contribution < 1.29 is 9.53 Å². The Bertz CT molecular complexity index is 422. The number of anilines is 1. The van der Waals surface area contributed by atoms with Gasteiger partial charge in [-0.05, 0) is 6.42 Å². The number of rotatable bonds is 4. The monoisotopic (exact) mass is 284 g/mol. The predicted molar refractivity (Wildman–Crippen MR) is 76.0 cm³/mol. The highest BCUT2D eigenvalue weighted by atomic mass is 32.1. The molecule has 6 nitrogen and oxygen atoms in total. The standard InChI is InChI=1S/C12H20N4O2S/c1-3-4-9-7-13-5-6-16(9)12(17)15-11-14-8-10(18-2)19-11/h8-9,13H,3-7H2,1-2H3,(H,14,15,17). The zero-order chi connectivity index (χ0) is 13.7. The highest BCUT2D eigenvalue weighted by Crippen LogP contribution is 2.25. The summed E-state index contributed by atoms with van der Waals surface area (Å²) in [5.74, 6) is 0. The van der Waals surface area contributed by atoms with E-state index in [9.17, 15) is 4.79 Å². The Hall–Kier alpha value is -1.34. The van der Waals surface area contributed by atoms with E-state index >= 15 is 0 Å². The second-order valence-electron chi connectivity index (χ2n) is 4.46. The molecule has 1 saturated heterocycles. The van der Waals surface area contributed by atoms with Crippen LogP contribution in [-0.2, 0) is 0 Å². The van der Waals surface area contributed by atoms with E-state index in [1.54, 1.807) is 13.3 Å². The van der Waals surface area contributed by atoms with Gasteiger partial charge in [0.1, 0.15) is 0 Å². The average molecular weight is 284 g/mol. The number of piperazine rings is 1. The summed E-state index contributed by atoms with van der Waals surface area (Å²) in [6.45, 7) is 4.58. The number of amides is 2. The third-order valence-electron chi connectivity index (χ3n) is 3.13. The number of nitrogens with one attached hydrogen (secondary N) is 2. The third kappa shape index (κ3) is 3.57. The maximum absolute atomic E-state index is 12.3. The molecule has 1 fully saturated rings. The first-order chi connectivity index (χ1) is 9.24.